The van der Waals surface area contributed by atoms with E-state index in [0.717, 1.165) is 25.4 Å². The number of furan rings is 1. The number of hydrogen-bond acceptors (Lipinski definition) is 4. The van der Waals surface area contributed by atoms with E-state index in [2.05, 4.69) is 42.2 Å². The summed E-state index contributed by atoms with van der Waals surface area (Å²) in [6.45, 7) is 6.81. The van der Waals surface area contributed by atoms with E-state index in [1.165, 1.54) is 11.1 Å². The third kappa shape index (κ3) is 4.47. The molecule has 2 aromatic heterocycles. The van der Waals surface area contributed by atoms with Crippen molar-refractivity contribution in [1.29, 1.82) is 0 Å². The second-order valence-corrected chi connectivity index (χ2v) is 5.44. The molecule has 0 aliphatic heterocycles. The van der Waals surface area contributed by atoms with Gasteiger partial charge in [0.2, 0.25) is 0 Å². The zero-order chi connectivity index (χ0) is 14.4. The van der Waals surface area contributed by atoms with Gasteiger partial charge in [-0.2, -0.15) is 0 Å². The first-order valence-corrected chi connectivity index (χ1v) is 7.01. The maximum atomic E-state index is 5.61. The van der Waals surface area contributed by atoms with Crippen molar-refractivity contribution in [3.8, 4) is 0 Å². The van der Waals surface area contributed by atoms with E-state index in [9.17, 15) is 0 Å². The van der Waals surface area contributed by atoms with E-state index in [0.29, 0.717) is 6.04 Å². The van der Waals surface area contributed by atoms with Crippen LogP contribution in [0.3, 0.4) is 0 Å². The summed E-state index contributed by atoms with van der Waals surface area (Å²) in [5.41, 5.74) is 2.44. The predicted octanol–water partition coefficient (Wildman–Crippen LogP) is 2.80. The molecule has 0 radical (unpaired) electrons. The van der Waals surface area contributed by atoms with Crippen LogP contribution in [0.2, 0.25) is 0 Å². The van der Waals surface area contributed by atoms with Crippen LogP contribution >= 0.6 is 0 Å². The van der Waals surface area contributed by atoms with Gasteiger partial charge in [-0.3, -0.25) is 9.88 Å². The molecule has 0 atom stereocenters. The van der Waals surface area contributed by atoms with Crippen LogP contribution < -0.4 is 5.32 Å². The summed E-state index contributed by atoms with van der Waals surface area (Å²) in [7, 11) is 2.09. The van der Waals surface area contributed by atoms with Gasteiger partial charge in [-0.15, -0.1) is 0 Å². The molecule has 1 N–H and O–H groups in total. The minimum atomic E-state index is 0.478. The van der Waals surface area contributed by atoms with Crippen LogP contribution in [0.4, 0.5) is 0 Å². The molecule has 0 saturated carbocycles. The molecule has 20 heavy (non-hydrogen) atoms. The smallest absolute Gasteiger partial charge is 0.122 e. The molecule has 108 valence electrons. The molecule has 4 heteroatoms. The maximum absolute atomic E-state index is 5.61. The molecule has 0 saturated heterocycles. The molecule has 0 spiro atoms. The van der Waals surface area contributed by atoms with E-state index < -0.39 is 0 Å². The van der Waals surface area contributed by atoms with Crippen molar-refractivity contribution < 1.29 is 4.42 Å². The van der Waals surface area contributed by atoms with Gasteiger partial charge < -0.3 is 9.73 Å². The summed E-state index contributed by atoms with van der Waals surface area (Å²) in [5.74, 6) is 1.03. The fourth-order valence-corrected chi connectivity index (χ4v) is 2.08. The third-order valence-electron chi connectivity index (χ3n) is 3.13. The van der Waals surface area contributed by atoms with Crippen LogP contribution in [0.25, 0.3) is 0 Å². The highest BCUT2D eigenvalue weighted by Gasteiger charge is 2.10. The standard InChI is InChI=1S/C16H23N3O/c1-13(2)18-10-15-6-8-20-16(15)12-19(3)11-14-5-4-7-17-9-14/h4-9,13,18H,10-12H2,1-3H3. The van der Waals surface area contributed by atoms with Gasteiger partial charge in [-0.25, -0.2) is 0 Å². The van der Waals surface area contributed by atoms with Crippen LogP contribution in [0.5, 0.6) is 0 Å². The van der Waals surface area contributed by atoms with Gasteiger partial charge in [0.15, 0.2) is 0 Å². The van der Waals surface area contributed by atoms with Crippen LogP contribution in [0.15, 0.2) is 41.3 Å². The number of hydrogen-bond donors (Lipinski definition) is 1. The Morgan fingerprint density at radius 3 is 2.85 bits per heavy atom. The lowest BCUT2D eigenvalue weighted by atomic mass is 10.2. The van der Waals surface area contributed by atoms with E-state index in [-0.39, 0.29) is 0 Å². The Balaban J connectivity index is 1.91. The summed E-state index contributed by atoms with van der Waals surface area (Å²) in [5, 5.41) is 3.42. The fourth-order valence-electron chi connectivity index (χ4n) is 2.08. The average molecular weight is 273 g/mol. The molecule has 0 amide bonds. The first kappa shape index (κ1) is 14.8. The molecule has 2 rings (SSSR count). The van der Waals surface area contributed by atoms with Crippen molar-refractivity contribution in [2.75, 3.05) is 7.05 Å². The maximum Gasteiger partial charge on any atom is 0.122 e. The van der Waals surface area contributed by atoms with Crippen molar-refractivity contribution in [3.05, 3.63) is 53.7 Å². The summed E-state index contributed by atoms with van der Waals surface area (Å²) in [4.78, 5) is 6.37. The summed E-state index contributed by atoms with van der Waals surface area (Å²) in [6.07, 6.45) is 5.47. The minimum absolute atomic E-state index is 0.478. The number of rotatable bonds is 7. The molecular weight excluding hydrogens is 250 g/mol. The Morgan fingerprint density at radius 2 is 2.15 bits per heavy atom. The van der Waals surface area contributed by atoms with Crippen molar-refractivity contribution in [1.82, 2.24) is 15.2 Å². The van der Waals surface area contributed by atoms with Crippen LogP contribution in [-0.4, -0.2) is 23.0 Å². The van der Waals surface area contributed by atoms with Crippen molar-refractivity contribution in [2.45, 2.75) is 39.5 Å². The quantitative estimate of drug-likeness (QED) is 0.842. The van der Waals surface area contributed by atoms with Gasteiger partial charge in [0.25, 0.3) is 0 Å². The first-order valence-electron chi connectivity index (χ1n) is 7.01. The Labute approximate surface area is 120 Å². The molecule has 0 fully saturated rings. The summed E-state index contributed by atoms with van der Waals surface area (Å²) >= 11 is 0. The van der Waals surface area contributed by atoms with Crippen LogP contribution in [-0.2, 0) is 19.6 Å². The van der Waals surface area contributed by atoms with Gasteiger partial charge in [-0.1, -0.05) is 19.9 Å². The molecule has 0 aromatic carbocycles. The van der Waals surface area contributed by atoms with Crippen LogP contribution in [0.1, 0.15) is 30.7 Å². The second kappa shape index (κ2) is 7.22. The number of aromatic nitrogens is 1. The van der Waals surface area contributed by atoms with E-state index >= 15 is 0 Å². The highest BCUT2D eigenvalue weighted by atomic mass is 16.3. The van der Waals surface area contributed by atoms with E-state index in [1.54, 1.807) is 12.5 Å². The van der Waals surface area contributed by atoms with E-state index in [4.69, 9.17) is 4.42 Å². The molecule has 2 heterocycles. The third-order valence-corrected chi connectivity index (χ3v) is 3.13. The Bertz CT molecular complexity index is 507. The van der Waals surface area contributed by atoms with Crippen molar-refractivity contribution in [2.24, 2.45) is 0 Å². The molecule has 0 bridgehead atoms. The number of nitrogens with one attached hydrogen (secondary N) is 1. The average Bonchev–Trinajstić information content (AvgIpc) is 2.84. The minimum Gasteiger partial charge on any atom is -0.468 e. The molecular formula is C16H23N3O. The second-order valence-electron chi connectivity index (χ2n) is 5.44. The predicted molar refractivity (Wildman–Crippen MR) is 80.1 cm³/mol. The van der Waals surface area contributed by atoms with Crippen molar-refractivity contribution >= 4 is 0 Å². The zero-order valence-electron chi connectivity index (χ0n) is 12.5. The van der Waals surface area contributed by atoms with Gasteiger partial charge >= 0.3 is 0 Å². The fraction of sp³-hybridized carbons (Fsp3) is 0.438. The molecule has 0 unspecified atom stereocenters. The van der Waals surface area contributed by atoms with Gasteiger partial charge in [0.05, 0.1) is 12.8 Å². The molecule has 0 aliphatic carbocycles. The lowest BCUT2D eigenvalue weighted by Gasteiger charge is -2.16. The monoisotopic (exact) mass is 273 g/mol. The normalized spacial score (nSPS) is 11.4. The largest absolute Gasteiger partial charge is 0.468 e. The number of nitrogens with zero attached hydrogens (tertiary/aromatic N) is 2. The molecule has 2 aromatic rings. The van der Waals surface area contributed by atoms with Gasteiger partial charge in [0, 0.05) is 37.1 Å². The Kier molecular flexibility index (Phi) is 5.32. The summed E-state index contributed by atoms with van der Waals surface area (Å²) < 4.78 is 5.61. The Morgan fingerprint density at radius 1 is 1.30 bits per heavy atom. The molecule has 4 nitrogen and oxygen atoms in total. The number of pyridine rings is 1. The van der Waals surface area contributed by atoms with Gasteiger partial charge in [-0.05, 0) is 24.7 Å². The topological polar surface area (TPSA) is 41.3 Å². The van der Waals surface area contributed by atoms with Crippen LogP contribution in [0, 0.1) is 0 Å². The summed E-state index contributed by atoms with van der Waals surface area (Å²) in [6, 6.07) is 6.58. The Hall–Kier alpha value is -1.65. The first-order chi connectivity index (χ1) is 9.65. The highest BCUT2D eigenvalue weighted by molar-refractivity contribution is 5.17. The lowest BCUT2D eigenvalue weighted by molar-refractivity contribution is 0.285. The zero-order valence-corrected chi connectivity index (χ0v) is 12.5. The molecule has 0 aliphatic rings. The van der Waals surface area contributed by atoms with Crippen molar-refractivity contribution in [3.63, 3.8) is 0 Å². The SMILES string of the molecule is CC(C)NCc1ccoc1CN(C)Cc1cccnc1. The van der Waals surface area contributed by atoms with E-state index in [1.807, 2.05) is 18.3 Å². The lowest BCUT2D eigenvalue weighted by Crippen LogP contribution is -2.23. The van der Waals surface area contributed by atoms with Gasteiger partial charge in [0.1, 0.15) is 5.76 Å². The highest BCUT2D eigenvalue weighted by Crippen LogP contribution is 2.14.